The first-order valence-electron chi connectivity index (χ1n) is 4.94. The zero-order chi connectivity index (χ0) is 13.9. The molecule has 0 unspecified atom stereocenters. The summed E-state index contributed by atoms with van der Waals surface area (Å²) in [6.07, 6.45) is 0. The van der Waals surface area contributed by atoms with E-state index in [0.717, 1.165) is 6.07 Å². The van der Waals surface area contributed by atoms with Crippen molar-refractivity contribution in [3.05, 3.63) is 28.8 Å². The van der Waals surface area contributed by atoms with Crippen LogP contribution in [0.15, 0.2) is 23.1 Å². The van der Waals surface area contributed by atoms with E-state index in [1.165, 1.54) is 19.1 Å². The van der Waals surface area contributed by atoms with Crippen LogP contribution in [0.5, 0.6) is 0 Å². The van der Waals surface area contributed by atoms with E-state index >= 15 is 0 Å². The molecule has 0 spiro atoms. The highest BCUT2D eigenvalue weighted by atomic mass is 35.5. The number of aliphatic hydroxyl groups excluding tert-OH is 1. The fourth-order valence-corrected chi connectivity index (χ4v) is 2.97. The molecule has 0 radical (unpaired) electrons. The van der Waals surface area contributed by atoms with Gasteiger partial charge < -0.3 is 10.2 Å². The number of rotatable bonds is 5. The lowest BCUT2D eigenvalue weighted by atomic mass is 10.2. The molecule has 6 nitrogen and oxygen atoms in total. The summed E-state index contributed by atoms with van der Waals surface area (Å²) in [5.74, 6) is -1.25. The molecule has 0 aromatic heterocycles. The number of carboxylic acids is 1. The summed E-state index contributed by atoms with van der Waals surface area (Å²) < 4.78 is 26.0. The number of aromatic carboxylic acids is 1. The molecule has 8 heteroatoms. The third-order valence-corrected chi connectivity index (χ3v) is 4.17. The van der Waals surface area contributed by atoms with Crippen molar-refractivity contribution in [1.82, 2.24) is 4.72 Å². The van der Waals surface area contributed by atoms with Crippen LogP contribution in [0, 0.1) is 0 Å². The van der Waals surface area contributed by atoms with Gasteiger partial charge in [0, 0.05) is 6.04 Å². The van der Waals surface area contributed by atoms with Crippen LogP contribution >= 0.6 is 11.6 Å². The van der Waals surface area contributed by atoms with Gasteiger partial charge >= 0.3 is 5.97 Å². The number of carboxylic acid groups (broad SMARTS) is 1. The summed E-state index contributed by atoms with van der Waals surface area (Å²) in [6.45, 7) is 1.09. The SMILES string of the molecule is C[C@@H](CO)NS(=O)(=O)c1cc(C(=O)O)ccc1Cl. The number of hydrogen-bond acceptors (Lipinski definition) is 4. The number of carbonyl (C=O) groups is 1. The lowest BCUT2D eigenvalue weighted by Crippen LogP contribution is -2.35. The molecule has 1 atom stereocenters. The normalized spacial score (nSPS) is 13.3. The van der Waals surface area contributed by atoms with Gasteiger partial charge in [0.1, 0.15) is 4.90 Å². The van der Waals surface area contributed by atoms with Gasteiger partial charge in [0.05, 0.1) is 17.2 Å². The van der Waals surface area contributed by atoms with Crippen molar-refractivity contribution in [1.29, 1.82) is 0 Å². The number of aliphatic hydroxyl groups is 1. The topological polar surface area (TPSA) is 104 Å². The molecule has 0 saturated heterocycles. The molecular weight excluding hydrogens is 282 g/mol. The summed E-state index contributed by atoms with van der Waals surface area (Å²) in [4.78, 5) is 10.4. The first-order valence-corrected chi connectivity index (χ1v) is 6.80. The average molecular weight is 294 g/mol. The molecule has 18 heavy (non-hydrogen) atoms. The zero-order valence-electron chi connectivity index (χ0n) is 9.42. The highest BCUT2D eigenvalue weighted by molar-refractivity contribution is 7.89. The van der Waals surface area contributed by atoms with Crippen LogP contribution in [0.3, 0.4) is 0 Å². The molecule has 0 bridgehead atoms. The van der Waals surface area contributed by atoms with Gasteiger partial charge in [-0.3, -0.25) is 0 Å². The second kappa shape index (κ2) is 5.66. The van der Waals surface area contributed by atoms with Gasteiger partial charge in [0.25, 0.3) is 0 Å². The van der Waals surface area contributed by atoms with Gasteiger partial charge in [-0.15, -0.1) is 0 Å². The second-order valence-corrected chi connectivity index (χ2v) is 5.74. The van der Waals surface area contributed by atoms with Crippen molar-refractivity contribution < 1.29 is 23.4 Å². The highest BCUT2D eigenvalue weighted by Crippen LogP contribution is 2.22. The Morgan fingerprint density at radius 1 is 1.50 bits per heavy atom. The van der Waals surface area contributed by atoms with Crippen LogP contribution < -0.4 is 4.72 Å². The van der Waals surface area contributed by atoms with E-state index in [9.17, 15) is 13.2 Å². The number of hydrogen-bond donors (Lipinski definition) is 3. The Morgan fingerprint density at radius 2 is 2.11 bits per heavy atom. The highest BCUT2D eigenvalue weighted by Gasteiger charge is 2.21. The van der Waals surface area contributed by atoms with Gasteiger partial charge in [-0.1, -0.05) is 11.6 Å². The van der Waals surface area contributed by atoms with Gasteiger partial charge in [-0.05, 0) is 25.1 Å². The number of benzene rings is 1. The standard InChI is InChI=1S/C10H12ClNO5S/c1-6(5-13)12-18(16,17)9-4-7(10(14)15)2-3-8(9)11/h2-4,6,12-13H,5H2,1H3,(H,14,15)/t6-/m0/s1. The Kier molecular flexibility index (Phi) is 4.69. The molecule has 0 aliphatic heterocycles. The third-order valence-electron chi connectivity index (χ3n) is 2.10. The van der Waals surface area contributed by atoms with E-state index in [1.54, 1.807) is 0 Å². The van der Waals surface area contributed by atoms with Gasteiger partial charge in [0.2, 0.25) is 10.0 Å². The molecule has 100 valence electrons. The predicted octanol–water partition coefficient (Wildman–Crippen LogP) is 0.697. The van der Waals surface area contributed by atoms with Crippen LogP contribution in [0.25, 0.3) is 0 Å². The molecular formula is C10H12ClNO5S. The van der Waals surface area contributed by atoms with E-state index in [4.69, 9.17) is 21.8 Å². The maximum absolute atomic E-state index is 11.9. The molecule has 0 amide bonds. The third kappa shape index (κ3) is 3.42. The monoisotopic (exact) mass is 293 g/mol. The zero-order valence-corrected chi connectivity index (χ0v) is 11.0. The quantitative estimate of drug-likeness (QED) is 0.741. The van der Waals surface area contributed by atoms with Crippen LogP contribution in [0.2, 0.25) is 5.02 Å². The first-order chi connectivity index (χ1) is 8.27. The second-order valence-electron chi connectivity index (χ2n) is 3.66. The van der Waals surface area contributed by atoms with Crippen molar-refractivity contribution in [2.75, 3.05) is 6.61 Å². The van der Waals surface area contributed by atoms with Crippen molar-refractivity contribution in [3.63, 3.8) is 0 Å². The Labute approximate surface area is 109 Å². The molecule has 1 aromatic carbocycles. The van der Waals surface area contributed by atoms with E-state index in [0.29, 0.717) is 0 Å². The average Bonchev–Trinajstić information content (AvgIpc) is 2.28. The van der Waals surface area contributed by atoms with Gasteiger partial charge in [-0.2, -0.15) is 0 Å². The Morgan fingerprint density at radius 3 is 2.61 bits per heavy atom. The summed E-state index contributed by atoms with van der Waals surface area (Å²) in [7, 11) is -3.96. The van der Waals surface area contributed by atoms with Gasteiger partial charge in [0.15, 0.2) is 0 Å². The summed E-state index contributed by atoms with van der Waals surface area (Å²) in [6, 6.07) is 2.68. The minimum Gasteiger partial charge on any atom is -0.478 e. The minimum absolute atomic E-state index is 0.0855. The van der Waals surface area contributed by atoms with E-state index in [-0.39, 0.29) is 22.1 Å². The molecule has 0 aliphatic rings. The molecule has 0 heterocycles. The van der Waals surface area contributed by atoms with E-state index in [1.807, 2.05) is 0 Å². The maximum Gasteiger partial charge on any atom is 0.335 e. The van der Waals surface area contributed by atoms with Crippen LogP contribution in [-0.4, -0.2) is 37.2 Å². The lowest BCUT2D eigenvalue weighted by molar-refractivity contribution is 0.0696. The molecule has 1 rings (SSSR count). The number of halogens is 1. The van der Waals surface area contributed by atoms with Crippen LogP contribution in [-0.2, 0) is 10.0 Å². The summed E-state index contributed by atoms with van der Waals surface area (Å²) in [5.41, 5.74) is -0.184. The largest absolute Gasteiger partial charge is 0.478 e. The van der Waals surface area contributed by atoms with Gasteiger partial charge in [-0.25, -0.2) is 17.9 Å². The predicted molar refractivity (Wildman–Crippen MR) is 65.3 cm³/mol. The maximum atomic E-state index is 11.9. The Balaban J connectivity index is 3.23. The lowest BCUT2D eigenvalue weighted by Gasteiger charge is -2.12. The fraction of sp³-hybridized carbons (Fsp3) is 0.300. The first kappa shape index (κ1) is 14.9. The molecule has 0 fully saturated rings. The fourth-order valence-electron chi connectivity index (χ4n) is 1.21. The van der Waals surface area contributed by atoms with Crippen molar-refractivity contribution in [3.8, 4) is 0 Å². The minimum atomic E-state index is -3.96. The smallest absolute Gasteiger partial charge is 0.335 e. The van der Waals surface area contributed by atoms with Crippen LogP contribution in [0.4, 0.5) is 0 Å². The van der Waals surface area contributed by atoms with Crippen LogP contribution in [0.1, 0.15) is 17.3 Å². The molecule has 1 aromatic rings. The van der Waals surface area contributed by atoms with Crippen molar-refractivity contribution >= 4 is 27.6 Å². The molecule has 0 saturated carbocycles. The van der Waals surface area contributed by atoms with E-state index < -0.39 is 22.0 Å². The van der Waals surface area contributed by atoms with Crippen molar-refractivity contribution in [2.24, 2.45) is 0 Å². The molecule has 3 N–H and O–H groups in total. The van der Waals surface area contributed by atoms with Crippen molar-refractivity contribution in [2.45, 2.75) is 17.9 Å². The Bertz CT molecular complexity index is 557. The number of nitrogens with one attached hydrogen (secondary N) is 1. The number of sulfonamides is 1. The Hall–Kier alpha value is -1.15. The summed E-state index contributed by atoms with van der Waals surface area (Å²) in [5, 5.41) is 17.5. The molecule has 0 aliphatic carbocycles. The summed E-state index contributed by atoms with van der Waals surface area (Å²) >= 11 is 5.74. The van der Waals surface area contributed by atoms with E-state index in [2.05, 4.69) is 4.72 Å².